The molecule has 0 spiro atoms. The molecule has 2 aromatic carbocycles. The maximum absolute atomic E-state index is 6.36. The van der Waals surface area contributed by atoms with E-state index in [1.54, 1.807) is 0 Å². The summed E-state index contributed by atoms with van der Waals surface area (Å²) in [5.41, 5.74) is 15.6. The van der Waals surface area contributed by atoms with Gasteiger partial charge in [0.05, 0.1) is 17.1 Å². The molecule has 37 heavy (non-hydrogen) atoms. The molecular weight excluding hydrogens is 464 g/mol. The predicted molar refractivity (Wildman–Crippen MR) is 146 cm³/mol. The van der Waals surface area contributed by atoms with Crippen LogP contribution in [0, 0.1) is 0 Å². The molecule has 2 fully saturated rings. The summed E-state index contributed by atoms with van der Waals surface area (Å²) in [5, 5.41) is 5.88. The van der Waals surface area contributed by atoms with E-state index in [0.717, 1.165) is 48.2 Å². The van der Waals surface area contributed by atoms with E-state index in [1.165, 1.54) is 32.3 Å². The van der Waals surface area contributed by atoms with Crippen molar-refractivity contribution < 1.29 is 4.74 Å². The van der Waals surface area contributed by atoms with E-state index in [1.807, 2.05) is 48.5 Å². The van der Waals surface area contributed by atoms with Crippen molar-refractivity contribution in [3.63, 3.8) is 0 Å². The number of nitrogens with two attached hydrogens (primary N) is 2. The second kappa shape index (κ2) is 9.99. The van der Waals surface area contributed by atoms with E-state index >= 15 is 0 Å². The Morgan fingerprint density at radius 3 is 2.27 bits per heavy atom. The van der Waals surface area contributed by atoms with Gasteiger partial charge in [-0.15, -0.1) is 0 Å². The van der Waals surface area contributed by atoms with Gasteiger partial charge < -0.3 is 21.1 Å². The average molecular weight is 499 g/mol. The number of nitrogen functional groups attached to an aromatic ring is 2. The zero-order chi connectivity index (χ0) is 25.4. The van der Waals surface area contributed by atoms with Crippen LogP contribution < -0.4 is 16.2 Å². The molecule has 6 rings (SSSR count). The van der Waals surface area contributed by atoms with Gasteiger partial charge in [0.1, 0.15) is 29.3 Å². The summed E-state index contributed by atoms with van der Waals surface area (Å²) in [5.74, 6) is 1.79. The van der Waals surface area contributed by atoms with Crippen LogP contribution in [0.15, 0.2) is 54.9 Å². The fraction of sp³-hybridized carbons (Fsp3) is 0.393. The Hall–Kier alpha value is -3.69. The lowest BCUT2D eigenvalue weighted by atomic mass is 9.90. The number of hydrogen-bond acceptors (Lipinski definition) is 8. The first-order valence-corrected chi connectivity index (χ1v) is 13.1. The fourth-order valence-electron chi connectivity index (χ4n) is 5.69. The van der Waals surface area contributed by atoms with Gasteiger partial charge in [-0.25, -0.2) is 14.6 Å². The number of benzene rings is 2. The first-order valence-electron chi connectivity index (χ1n) is 13.1. The maximum atomic E-state index is 6.36. The van der Waals surface area contributed by atoms with Crippen molar-refractivity contribution in [3.8, 4) is 22.8 Å². The Kier molecular flexibility index (Phi) is 6.40. The maximum Gasteiger partial charge on any atom is 0.164 e. The molecule has 4 N–H and O–H groups in total. The number of fused-ring (bicyclic) bond motifs is 1. The minimum atomic E-state index is 0.304. The number of rotatable bonds is 5. The second-order valence-electron chi connectivity index (χ2n) is 10.2. The van der Waals surface area contributed by atoms with E-state index in [0.29, 0.717) is 35.1 Å². The minimum Gasteiger partial charge on any atom is -0.455 e. The third-order valence-electron chi connectivity index (χ3n) is 7.86. The van der Waals surface area contributed by atoms with Gasteiger partial charge in [-0.2, -0.15) is 5.10 Å². The van der Waals surface area contributed by atoms with Crippen LogP contribution in [0.2, 0.25) is 0 Å². The molecule has 2 aromatic heterocycles. The van der Waals surface area contributed by atoms with Gasteiger partial charge in [0.2, 0.25) is 0 Å². The molecule has 4 aromatic rings. The van der Waals surface area contributed by atoms with E-state index in [4.69, 9.17) is 21.3 Å². The molecule has 192 valence electrons. The molecular formula is C28H34N8O. The molecule has 0 amide bonds. The number of hydrogen-bond donors (Lipinski definition) is 2. The first kappa shape index (κ1) is 23.7. The highest BCUT2D eigenvalue weighted by Gasteiger charge is 2.30. The van der Waals surface area contributed by atoms with Gasteiger partial charge in [-0.1, -0.05) is 12.1 Å². The Morgan fingerprint density at radius 2 is 1.54 bits per heavy atom. The van der Waals surface area contributed by atoms with Crippen molar-refractivity contribution in [2.45, 2.75) is 37.8 Å². The van der Waals surface area contributed by atoms with Crippen LogP contribution in [-0.2, 0) is 0 Å². The SMILES string of the molecule is CN1CCN(C2CCC(n3nc(-c4ccc(Oc5ccccc5N)cc4)c4c(N)ncnc43)CC2)CC1. The number of ether oxygens (including phenoxy) is 1. The Morgan fingerprint density at radius 1 is 0.838 bits per heavy atom. The number of piperazine rings is 1. The van der Waals surface area contributed by atoms with Crippen LogP contribution in [0.5, 0.6) is 11.5 Å². The van der Waals surface area contributed by atoms with Crippen LogP contribution in [0.1, 0.15) is 31.7 Å². The zero-order valence-electron chi connectivity index (χ0n) is 21.3. The third kappa shape index (κ3) is 4.72. The van der Waals surface area contributed by atoms with Crippen LogP contribution in [0.25, 0.3) is 22.3 Å². The van der Waals surface area contributed by atoms with Crippen molar-refractivity contribution in [2.75, 3.05) is 44.7 Å². The highest BCUT2D eigenvalue weighted by molar-refractivity contribution is 5.98. The second-order valence-corrected chi connectivity index (χ2v) is 10.2. The van der Waals surface area contributed by atoms with Gasteiger partial charge in [0.15, 0.2) is 5.65 Å². The molecule has 0 unspecified atom stereocenters. The Labute approximate surface area is 217 Å². The van der Waals surface area contributed by atoms with Gasteiger partial charge >= 0.3 is 0 Å². The van der Waals surface area contributed by atoms with Gasteiger partial charge in [0, 0.05) is 37.8 Å². The number of likely N-dealkylation sites (N-methyl/N-ethyl adjacent to an activating group) is 1. The van der Waals surface area contributed by atoms with Crippen molar-refractivity contribution >= 4 is 22.5 Å². The summed E-state index contributed by atoms with van der Waals surface area (Å²) in [6.07, 6.45) is 6.07. The topological polar surface area (TPSA) is 111 Å². The first-order chi connectivity index (χ1) is 18.1. The number of nitrogens with zero attached hydrogens (tertiary/aromatic N) is 6. The lowest BCUT2D eigenvalue weighted by Crippen LogP contribution is -2.49. The highest BCUT2D eigenvalue weighted by atomic mass is 16.5. The molecule has 0 atom stereocenters. The van der Waals surface area contributed by atoms with Crippen molar-refractivity contribution in [1.82, 2.24) is 29.5 Å². The molecule has 1 aliphatic heterocycles. The van der Waals surface area contributed by atoms with Gasteiger partial charge in [-0.05, 0) is 69.1 Å². The molecule has 3 heterocycles. The summed E-state index contributed by atoms with van der Waals surface area (Å²) in [4.78, 5) is 14.0. The van der Waals surface area contributed by atoms with Crippen LogP contribution in [0.3, 0.4) is 0 Å². The molecule has 1 saturated heterocycles. The van der Waals surface area contributed by atoms with E-state index in [2.05, 4.69) is 31.5 Å². The quantitative estimate of drug-likeness (QED) is 0.394. The average Bonchev–Trinajstić information content (AvgIpc) is 3.32. The van der Waals surface area contributed by atoms with E-state index in [-0.39, 0.29) is 0 Å². The van der Waals surface area contributed by atoms with Crippen LogP contribution in [0.4, 0.5) is 11.5 Å². The van der Waals surface area contributed by atoms with E-state index < -0.39 is 0 Å². The number of para-hydroxylation sites is 2. The molecule has 2 aliphatic rings. The Bertz CT molecular complexity index is 1370. The van der Waals surface area contributed by atoms with Crippen molar-refractivity contribution in [2.24, 2.45) is 0 Å². The highest BCUT2D eigenvalue weighted by Crippen LogP contribution is 2.37. The molecule has 1 aliphatic carbocycles. The van der Waals surface area contributed by atoms with Gasteiger partial charge in [-0.3, -0.25) is 4.90 Å². The standard InChI is InChI=1S/C28H34N8O/c1-34-14-16-35(17-15-34)20-8-10-21(11-9-20)36-28-25(27(30)31-18-32-28)26(33-36)19-6-12-22(13-7-19)37-24-5-3-2-4-23(24)29/h2-7,12-13,18,20-21H,8-11,14-17,29H2,1H3,(H2,30,31,32). The lowest BCUT2D eigenvalue weighted by Gasteiger charge is -2.41. The number of anilines is 2. The minimum absolute atomic E-state index is 0.304. The Balaban J connectivity index is 1.24. The van der Waals surface area contributed by atoms with Crippen LogP contribution in [-0.4, -0.2) is 68.8 Å². The predicted octanol–water partition coefficient (Wildman–Crippen LogP) is 4.18. The largest absolute Gasteiger partial charge is 0.455 e. The third-order valence-corrected chi connectivity index (χ3v) is 7.86. The van der Waals surface area contributed by atoms with Crippen molar-refractivity contribution in [3.05, 3.63) is 54.9 Å². The van der Waals surface area contributed by atoms with Gasteiger partial charge in [0.25, 0.3) is 0 Å². The lowest BCUT2D eigenvalue weighted by molar-refractivity contribution is 0.0815. The van der Waals surface area contributed by atoms with Crippen molar-refractivity contribution in [1.29, 1.82) is 0 Å². The normalized spacial score (nSPS) is 21.3. The molecule has 1 saturated carbocycles. The zero-order valence-corrected chi connectivity index (χ0v) is 21.3. The van der Waals surface area contributed by atoms with Crippen LogP contribution >= 0.6 is 0 Å². The fourth-order valence-corrected chi connectivity index (χ4v) is 5.69. The molecule has 0 radical (unpaired) electrons. The molecule has 9 heteroatoms. The summed E-state index contributed by atoms with van der Waals surface area (Å²) in [6.45, 7) is 4.65. The smallest absolute Gasteiger partial charge is 0.164 e. The number of aromatic nitrogens is 4. The summed E-state index contributed by atoms with van der Waals surface area (Å²) in [7, 11) is 2.21. The summed E-state index contributed by atoms with van der Waals surface area (Å²) in [6, 6.07) is 16.3. The summed E-state index contributed by atoms with van der Waals surface area (Å²) >= 11 is 0. The molecule has 0 bridgehead atoms. The summed E-state index contributed by atoms with van der Waals surface area (Å²) < 4.78 is 8.07. The monoisotopic (exact) mass is 498 g/mol. The molecule has 9 nitrogen and oxygen atoms in total. The van der Waals surface area contributed by atoms with E-state index in [9.17, 15) is 0 Å².